The Kier molecular flexibility index (Phi) is 4.61. The van der Waals surface area contributed by atoms with E-state index in [0.29, 0.717) is 6.04 Å². The monoisotopic (exact) mass is 248 g/mol. The van der Waals surface area contributed by atoms with Crippen molar-refractivity contribution in [3.8, 4) is 5.75 Å². The van der Waals surface area contributed by atoms with Gasteiger partial charge < -0.3 is 15.0 Å². The molecular formula is C15H24N2O. The lowest BCUT2D eigenvalue weighted by Gasteiger charge is -2.14. The summed E-state index contributed by atoms with van der Waals surface area (Å²) in [5, 5.41) is 3.53. The second-order valence-corrected chi connectivity index (χ2v) is 5.16. The topological polar surface area (TPSA) is 24.5 Å². The van der Waals surface area contributed by atoms with E-state index in [1.54, 1.807) is 0 Å². The summed E-state index contributed by atoms with van der Waals surface area (Å²) >= 11 is 0. The van der Waals surface area contributed by atoms with Crippen LogP contribution in [0.1, 0.15) is 30.5 Å². The van der Waals surface area contributed by atoms with E-state index in [4.69, 9.17) is 4.74 Å². The number of likely N-dealkylation sites (N-methyl/N-ethyl adjacent to an activating group) is 1. The molecule has 0 aliphatic heterocycles. The lowest BCUT2D eigenvalue weighted by atomic mass is 10.1. The molecular weight excluding hydrogens is 224 g/mol. The van der Waals surface area contributed by atoms with Crippen molar-refractivity contribution in [1.29, 1.82) is 0 Å². The molecule has 0 heterocycles. The minimum atomic E-state index is 0.542. The van der Waals surface area contributed by atoms with Crippen molar-refractivity contribution < 1.29 is 4.74 Å². The van der Waals surface area contributed by atoms with Gasteiger partial charge in [-0.3, -0.25) is 0 Å². The van der Waals surface area contributed by atoms with Crippen molar-refractivity contribution in [1.82, 2.24) is 10.2 Å². The van der Waals surface area contributed by atoms with Crippen LogP contribution in [0.4, 0.5) is 0 Å². The van der Waals surface area contributed by atoms with Crippen LogP contribution in [0, 0.1) is 0 Å². The molecule has 0 spiro atoms. The quantitative estimate of drug-likeness (QED) is 0.835. The second-order valence-electron chi connectivity index (χ2n) is 5.16. The summed E-state index contributed by atoms with van der Waals surface area (Å²) in [6.07, 6.45) is 2.38. The molecule has 18 heavy (non-hydrogen) atoms. The van der Waals surface area contributed by atoms with Crippen LogP contribution in [0.15, 0.2) is 18.2 Å². The first-order valence-corrected chi connectivity index (χ1v) is 6.84. The van der Waals surface area contributed by atoms with E-state index in [1.165, 1.54) is 17.5 Å². The van der Waals surface area contributed by atoms with Gasteiger partial charge in [0.25, 0.3) is 0 Å². The van der Waals surface area contributed by atoms with Crippen molar-refractivity contribution in [3.05, 3.63) is 29.3 Å². The average molecular weight is 248 g/mol. The molecule has 0 amide bonds. The molecule has 0 aromatic heterocycles. The number of fused-ring (bicyclic) bond motifs is 1. The van der Waals surface area contributed by atoms with Crippen molar-refractivity contribution in [2.75, 3.05) is 33.8 Å². The highest BCUT2D eigenvalue weighted by Crippen LogP contribution is 2.33. The Hall–Kier alpha value is -1.06. The van der Waals surface area contributed by atoms with E-state index in [1.807, 2.05) is 0 Å². The summed E-state index contributed by atoms with van der Waals surface area (Å²) in [7, 11) is 4.13. The fourth-order valence-corrected chi connectivity index (χ4v) is 2.49. The molecule has 2 rings (SSSR count). The first-order chi connectivity index (χ1) is 8.70. The summed E-state index contributed by atoms with van der Waals surface area (Å²) in [5.41, 5.74) is 2.90. The fraction of sp³-hybridized carbons (Fsp3) is 0.600. The third-order valence-corrected chi connectivity index (χ3v) is 3.45. The van der Waals surface area contributed by atoms with Gasteiger partial charge in [0.05, 0.1) is 0 Å². The highest BCUT2D eigenvalue weighted by Gasteiger charge is 2.21. The van der Waals surface area contributed by atoms with Gasteiger partial charge in [-0.15, -0.1) is 0 Å². The van der Waals surface area contributed by atoms with E-state index in [-0.39, 0.29) is 0 Å². The number of rotatable bonds is 6. The van der Waals surface area contributed by atoms with Gasteiger partial charge in [-0.2, -0.15) is 0 Å². The fourth-order valence-electron chi connectivity index (χ4n) is 2.49. The summed E-state index contributed by atoms with van der Waals surface area (Å²) in [6.45, 7) is 4.90. The van der Waals surface area contributed by atoms with Crippen LogP contribution in [0.25, 0.3) is 0 Å². The van der Waals surface area contributed by atoms with Gasteiger partial charge >= 0.3 is 0 Å². The number of hydrogen-bond donors (Lipinski definition) is 1. The Balaban J connectivity index is 1.96. The van der Waals surface area contributed by atoms with E-state index < -0.39 is 0 Å². The van der Waals surface area contributed by atoms with Crippen LogP contribution in [0.5, 0.6) is 5.75 Å². The lowest BCUT2D eigenvalue weighted by molar-refractivity contribution is 0.261. The van der Waals surface area contributed by atoms with Crippen LogP contribution in [0.3, 0.4) is 0 Å². The minimum absolute atomic E-state index is 0.542. The Labute approximate surface area is 110 Å². The second kappa shape index (κ2) is 6.21. The standard InChI is InChI=1S/C15H24N2O/c1-4-16-15-8-5-12-11-13(6-7-14(12)15)18-10-9-17(2)3/h6-7,11,15-16H,4-5,8-10H2,1-3H3. The van der Waals surface area contributed by atoms with Crippen LogP contribution in [-0.4, -0.2) is 38.7 Å². The summed E-state index contributed by atoms with van der Waals surface area (Å²) in [5.74, 6) is 1.01. The van der Waals surface area contributed by atoms with Gasteiger partial charge in [-0.05, 0) is 56.7 Å². The summed E-state index contributed by atoms with van der Waals surface area (Å²) in [6, 6.07) is 7.08. The van der Waals surface area contributed by atoms with Crippen molar-refractivity contribution in [2.45, 2.75) is 25.8 Å². The third kappa shape index (κ3) is 3.24. The molecule has 3 heteroatoms. The van der Waals surface area contributed by atoms with Crippen molar-refractivity contribution >= 4 is 0 Å². The number of aryl methyl sites for hydroxylation is 1. The minimum Gasteiger partial charge on any atom is -0.492 e. The highest BCUT2D eigenvalue weighted by molar-refractivity contribution is 5.40. The van der Waals surface area contributed by atoms with Crippen LogP contribution < -0.4 is 10.1 Å². The molecule has 100 valence electrons. The van der Waals surface area contributed by atoms with Gasteiger partial charge in [0.2, 0.25) is 0 Å². The first kappa shape index (κ1) is 13.4. The normalized spacial score (nSPS) is 18.1. The third-order valence-electron chi connectivity index (χ3n) is 3.45. The smallest absolute Gasteiger partial charge is 0.119 e. The van der Waals surface area contributed by atoms with E-state index in [2.05, 4.69) is 49.4 Å². The average Bonchev–Trinajstić information content (AvgIpc) is 2.72. The van der Waals surface area contributed by atoms with Crippen LogP contribution in [0.2, 0.25) is 0 Å². The molecule has 1 atom stereocenters. The van der Waals surface area contributed by atoms with Gasteiger partial charge in [-0.1, -0.05) is 13.0 Å². The molecule has 1 unspecified atom stereocenters. The number of nitrogens with one attached hydrogen (secondary N) is 1. The largest absolute Gasteiger partial charge is 0.492 e. The maximum absolute atomic E-state index is 5.78. The number of nitrogens with zero attached hydrogens (tertiary/aromatic N) is 1. The Bertz CT molecular complexity index is 390. The molecule has 0 radical (unpaired) electrons. The summed E-state index contributed by atoms with van der Waals surface area (Å²) in [4.78, 5) is 2.13. The molecule has 1 aromatic rings. The molecule has 3 nitrogen and oxygen atoms in total. The Morgan fingerprint density at radius 2 is 2.22 bits per heavy atom. The van der Waals surface area contributed by atoms with Gasteiger partial charge in [0, 0.05) is 12.6 Å². The highest BCUT2D eigenvalue weighted by atomic mass is 16.5. The molecule has 0 bridgehead atoms. The zero-order valence-corrected chi connectivity index (χ0v) is 11.7. The number of benzene rings is 1. The number of ether oxygens (including phenoxy) is 1. The first-order valence-electron chi connectivity index (χ1n) is 6.84. The molecule has 0 fully saturated rings. The SMILES string of the molecule is CCNC1CCc2cc(OCCN(C)C)ccc21. The number of hydrogen-bond acceptors (Lipinski definition) is 3. The maximum Gasteiger partial charge on any atom is 0.119 e. The van der Waals surface area contributed by atoms with E-state index in [0.717, 1.165) is 31.9 Å². The Morgan fingerprint density at radius 3 is 2.94 bits per heavy atom. The van der Waals surface area contributed by atoms with Crippen LogP contribution >= 0.6 is 0 Å². The molecule has 0 saturated carbocycles. The van der Waals surface area contributed by atoms with Gasteiger partial charge in [0.15, 0.2) is 0 Å². The predicted octanol–water partition coefficient (Wildman–Crippen LogP) is 2.22. The van der Waals surface area contributed by atoms with Gasteiger partial charge in [0.1, 0.15) is 12.4 Å². The van der Waals surface area contributed by atoms with E-state index >= 15 is 0 Å². The zero-order chi connectivity index (χ0) is 13.0. The van der Waals surface area contributed by atoms with Gasteiger partial charge in [-0.25, -0.2) is 0 Å². The van der Waals surface area contributed by atoms with E-state index in [9.17, 15) is 0 Å². The predicted molar refractivity (Wildman–Crippen MR) is 75.2 cm³/mol. The molecule has 1 aliphatic carbocycles. The van der Waals surface area contributed by atoms with Crippen molar-refractivity contribution in [2.24, 2.45) is 0 Å². The molecule has 1 aliphatic rings. The summed E-state index contributed by atoms with van der Waals surface area (Å²) < 4.78 is 5.78. The van der Waals surface area contributed by atoms with Crippen molar-refractivity contribution in [3.63, 3.8) is 0 Å². The lowest BCUT2D eigenvalue weighted by Crippen LogP contribution is -2.19. The molecule has 1 N–H and O–H groups in total. The molecule has 1 aromatic carbocycles. The zero-order valence-electron chi connectivity index (χ0n) is 11.7. The maximum atomic E-state index is 5.78. The van der Waals surface area contributed by atoms with Crippen LogP contribution in [-0.2, 0) is 6.42 Å². The Morgan fingerprint density at radius 1 is 1.39 bits per heavy atom. The molecule has 0 saturated heterocycles.